The molecule has 1 fully saturated rings. The van der Waals surface area contributed by atoms with E-state index in [4.69, 9.17) is 4.74 Å². The number of methoxy groups -OCH3 is 1. The molecular weight excluding hydrogens is 240 g/mol. The van der Waals surface area contributed by atoms with Crippen LogP contribution in [0.5, 0.6) is 0 Å². The molecule has 0 aliphatic carbocycles. The molecule has 1 aromatic rings. The first-order valence-corrected chi connectivity index (χ1v) is 7.64. The van der Waals surface area contributed by atoms with Crippen LogP contribution in [0.25, 0.3) is 0 Å². The maximum absolute atomic E-state index is 5.09. The van der Waals surface area contributed by atoms with Crippen molar-refractivity contribution in [3.63, 3.8) is 0 Å². The van der Waals surface area contributed by atoms with Crippen LogP contribution in [-0.2, 0) is 4.74 Å². The van der Waals surface area contributed by atoms with Gasteiger partial charge in [0.05, 0.1) is 12.6 Å². The molecule has 0 spiro atoms. The molecule has 5 heteroatoms. The van der Waals surface area contributed by atoms with Gasteiger partial charge in [-0.05, 0) is 23.8 Å². The third-order valence-electron chi connectivity index (χ3n) is 2.82. The quantitative estimate of drug-likeness (QED) is 0.793. The number of ether oxygens (including phenoxy) is 1. The third kappa shape index (κ3) is 3.20. The van der Waals surface area contributed by atoms with E-state index < -0.39 is 0 Å². The van der Waals surface area contributed by atoms with E-state index in [1.807, 2.05) is 6.20 Å². The first kappa shape index (κ1) is 12.4. The lowest BCUT2D eigenvalue weighted by atomic mass is 10.00. The van der Waals surface area contributed by atoms with Crippen molar-refractivity contribution in [2.75, 3.05) is 31.8 Å². The minimum absolute atomic E-state index is 0.421. The first-order valence-electron chi connectivity index (χ1n) is 5.61. The van der Waals surface area contributed by atoms with E-state index in [0.717, 1.165) is 19.1 Å². The molecule has 1 aliphatic rings. The van der Waals surface area contributed by atoms with Gasteiger partial charge in [0.15, 0.2) is 0 Å². The van der Waals surface area contributed by atoms with Crippen LogP contribution in [0, 0.1) is 5.92 Å². The van der Waals surface area contributed by atoms with Crippen molar-refractivity contribution in [3.8, 4) is 0 Å². The zero-order valence-electron chi connectivity index (χ0n) is 9.52. The van der Waals surface area contributed by atoms with E-state index in [-0.39, 0.29) is 0 Å². The summed E-state index contributed by atoms with van der Waals surface area (Å²) in [7, 11) is 1.74. The molecule has 2 heterocycles. The van der Waals surface area contributed by atoms with Crippen LogP contribution >= 0.6 is 23.1 Å². The van der Waals surface area contributed by atoms with Gasteiger partial charge in [-0.2, -0.15) is 11.8 Å². The lowest BCUT2D eigenvalue weighted by Crippen LogP contribution is -2.30. The number of hydrogen-bond donors (Lipinski definition) is 1. The molecule has 2 rings (SSSR count). The van der Waals surface area contributed by atoms with Crippen molar-refractivity contribution in [2.45, 2.75) is 12.5 Å². The molecule has 1 N–H and O–H groups in total. The van der Waals surface area contributed by atoms with Gasteiger partial charge < -0.3 is 10.1 Å². The number of aromatic nitrogens is 1. The second kappa shape index (κ2) is 6.59. The summed E-state index contributed by atoms with van der Waals surface area (Å²) in [6.45, 7) is 1.67. The van der Waals surface area contributed by atoms with E-state index in [1.54, 1.807) is 18.4 Å². The van der Waals surface area contributed by atoms with Crippen LogP contribution in [0.15, 0.2) is 11.6 Å². The minimum Gasteiger partial charge on any atom is -0.383 e. The highest BCUT2D eigenvalue weighted by molar-refractivity contribution is 7.99. The number of hydrogen-bond acceptors (Lipinski definition) is 5. The molecule has 2 unspecified atom stereocenters. The molecule has 1 aliphatic heterocycles. The molecule has 2 atom stereocenters. The summed E-state index contributed by atoms with van der Waals surface area (Å²) in [4.78, 5) is 4.45. The molecule has 0 saturated carbocycles. The minimum atomic E-state index is 0.421. The van der Waals surface area contributed by atoms with Crippen LogP contribution in [0.2, 0.25) is 0 Å². The fourth-order valence-corrected chi connectivity index (χ4v) is 4.08. The van der Waals surface area contributed by atoms with Crippen molar-refractivity contribution in [3.05, 3.63) is 16.6 Å². The van der Waals surface area contributed by atoms with Crippen molar-refractivity contribution < 1.29 is 4.74 Å². The largest absolute Gasteiger partial charge is 0.383 e. The lowest BCUT2D eigenvalue weighted by molar-refractivity contribution is 0.191. The second-order valence-corrected chi connectivity index (χ2v) is 5.99. The summed E-state index contributed by atoms with van der Waals surface area (Å²) < 4.78 is 5.09. The topological polar surface area (TPSA) is 34.1 Å². The number of thioether (sulfide) groups is 1. The van der Waals surface area contributed by atoms with Crippen LogP contribution in [0.4, 0.5) is 0 Å². The predicted octanol–water partition coefficient (Wildman–Crippen LogP) is 2.17. The number of nitrogens with zero attached hydrogens (tertiary/aromatic N) is 1. The van der Waals surface area contributed by atoms with Gasteiger partial charge in [-0.15, -0.1) is 11.3 Å². The Bertz CT molecular complexity index is 286. The highest BCUT2D eigenvalue weighted by atomic mass is 32.2. The molecule has 0 amide bonds. The zero-order chi connectivity index (χ0) is 11.2. The summed E-state index contributed by atoms with van der Waals surface area (Å²) in [5.41, 5.74) is 0. The lowest BCUT2D eigenvalue weighted by Gasteiger charge is -2.22. The van der Waals surface area contributed by atoms with Crippen LogP contribution in [0.1, 0.15) is 17.5 Å². The van der Waals surface area contributed by atoms with Crippen molar-refractivity contribution in [1.82, 2.24) is 10.3 Å². The molecule has 0 aromatic carbocycles. The Balaban J connectivity index is 1.95. The summed E-state index contributed by atoms with van der Waals surface area (Å²) in [5.74, 6) is 3.27. The normalized spacial score (nSPS) is 22.4. The number of rotatable bonds is 6. The Labute approximate surface area is 105 Å². The Morgan fingerprint density at radius 3 is 3.25 bits per heavy atom. The van der Waals surface area contributed by atoms with E-state index in [0.29, 0.717) is 6.04 Å². The average Bonchev–Trinajstić information content (AvgIpc) is 2.97. The Morgan fingerprint density at radius 1 is 1.69 bits per heavy atom. The fraction of sp³-hybridized carbons (Fsp3) is 0.727. The third-order valence-corrected chi connectivity index (χ3v) is 4.87. The van der Waals surface area contributed by atoms with Crippen LogP contribution in [0.3, 0.4) is 0 Å². The van der Waals surface area contributed by atoms with E-state index >= 15 is 0 Å². The highest BCUT2D eigenvalue weighted by Gasteiger charge is 2.27. The smallest absolute Gasteiger partial charge is 0.110 e. The fourth-order valence-electron chi connectivity index (χ4n) is 1.98. The standard InChI is InChI=1S/C11H18N2OS2/c1-14-5-3-12-10(9-2-6-15-8-9)11-13-4-7-16-11/h4,7,9-10,12H,2-3,5-6,8H2,1H3. The number of nitrogens with one attached hydrogen (secondary N) is 1. The van der Waals surface area contributed by atoms with Gasteiger partial charge in [-0.1, -0.05) is 0 Å². The molecule has 0 bridgehead atoms. The van der Waals surface area contributed by atoms with Crippen molar-refractivity contribution in [2.24, 2.45) is 5.92 Å². The van der Waals surface area contributed by atoms with E-state index in [9.17, 15) is 0 Å². The second-order valence-electron chi connectivity index (χ2n) is 3.92. The predicted molar refractivity (Wildman–Crippen MR) is 70.2 cm³/mol. The summed E-state index contributed by atoms with van der Waals surface area (Å²) in [6, 6.07) is 0.421. The average molecular weight is 258 g/mol. The van der Waals surface area contributed by atoms with E-state index in [1.165, 1.54) is 22.9 Å². The van der Waals surface area contributed by atoms with E-state index in [2.05, 4.69) is 27.4 Å². The monoisotopic (exact) mass is 258 g/mol. The molecule has 90 valence electrons. The zero-order valence-corrected chi connectivity index (χ0v) is 11.1. The van der Waals surface area contributed by atoms with Crippen LogP contribution in [-0.4, -0.2) is 36.8 Å². The Hall–Kier alpha value is -0.100. The van der Waals surface area contributed by atoms with Gasteiger partial charge in [0.1, 0.15) is 5.01 Å². The maximum Gasteiger partial charge on any atom is 0.110 e. The van der Waals surface area contributed by atoms with Crippen LogP contribution < -0.4 is 5.32 Å². The molecule has 1 aromatic heterocycles. The summed E-state index contributed by atoms with van der Waals surface area (Å²) in [6.07, 6.45) is 3.20. The SMILES string of the molecule is COCCNC(c1nccs1)C1CCSC1. The van der Waals surface area contributed by atoms with Crippen molar-refractivity contribution in [1.29, 1.82) is 0 Å². The van der Waals surface area contributed by atoms with Gasteiger partial charge in [0, 0.05) is 25.2 Å². The molecular formula is C11H18N2OS2. The van der Waals surface area contributed by atoms with Gasteiger partial charge in [0.2, 0.25) is 0 Å². The van der Waals surface area contributed by atoms with Gasteiger partial charge in [0.25, 0.3) is 0 Å². The Morgan fingerprint density at radius 2 is 2.62 bits per heavy atom. The molecule has 0 radical (unpaired) electrons. The Kier molecular flexibility index (Phi) is 5.09. The van der Waals surface area contributed by atoms with Gasteiger partial charge in [-0.25, -0.2) is 4.98 Å². The molecule has 1 saturated heterocycles. The maximum atomic E-state index is 5.09. The molecule has 16 heavy (non-hydrogen) atoms. The molecule has 3 nitrogen and oxygen atoms in total. The van der Waals surface area contributed by atoms with Crippen molar-refractivity contribution >= 4 is 23.1 Å². The highest BCUT2D eigenvalue weighted by Crippen LogP contribution is 2.34. The van der Waals surface area contributed by atoms with Gasteiger partial charge >= 0.3 is 0 Å². The summed E-state index contributed by atoms with van der Waals surface area (Å²) >= 11 is 3.80. The van der Waals surface area contributed by atoms with Gasteiger partial charge in [-0.3, -0.25) is 0 Å². The first-order chi connectivity index (χ1) is 7.92. The summed E-state index contributed by atoms with van der Waals surface area (Å²) in [5, 5.41) is 6.86. The number of thiazole rings is 1.